The molecule has 37 heavy (non-hydrogen) atoms. The van der Waals surface area contributed by atoms with Crippen molar-refractivity contribution in [2.24, 2.45) is 5.92 Å². The molecule has 0 spiro atoms. The molecular weight excluding hydrogens is 462 g/mol. The number of benzene rings is 2. The number of esters is 1. The molecule has 2 N–H and O–H groups in total. The van der Waals surface area contributed by atoms with Gasteiger partial charge < -0.3 is 15.2 Å². The first-order chi connectivity index (χ1) is 17.9. The first-order valence-electron chi connectivity index (χ1n) is 13.7. The zero-order chi connectivity index (χ0) is 25.7. The van der Waals surface area contributed by atoms with Gasteiger partial charge in [-0.15, -0.1) is 0 Å². The van der Waals surface area contributed by atoms with E-state index in [2.05, 4.69) is 37.4 Å². The van der Waals surface area contributed by atoms with Crippen LogP contribution in [0.25, 0.3) is 0 Å². The summed E-state index contributed by atoms with van der Waals surface area (Å²) in [6.07, 6.45) is 7.06. The summed E-state index contributed by atoms with van der Waals surface area (Å²) in [5.41, 5.74) is 7.52. The number of dihydropyridines is 1. The van der Waals surface area contributed by atoms with Crippen LogP contribution in [0.3, 0.4) is 0 Å². The fraction of sp³-hybridized carbons (Fsp3) is 0.438. The van der Waals surface area contributed by atoms with E-state index < -0.39 is 5.92 Å². The SMILES string of the molecule is Cc1cccc(C)c1C1CC(=O)C2=C(C1)NC(C1CC1)=C(C(=O)OC1CCCC1)C2c1cccc(O)c1. The van der Waals surface area contributed by atoms with Crippen molar-refractivity contribution in [3.05, 3.63) is 87.3 Å². The van der Waals surface area contributed by atoms with Crippen molar-refractivity contribution in [3.63, 3.8) is 0 Å². The first kappa shape index (κ1) is 24.0. The van der Waals surface area contributed by atoms with Gasteiger partial charge >= 0.3 is 5.97 Å². The van der Waals surface area contributed by atoms with Crippen LogP contribution in [0.2, 0.25) is 0 Å². The number of hydrogen-bond donors (Lipinski definition) is 2. The molecule has 0 amide bonds. The molecule has 5 nitrogen and oxygen atoms in total. The number of carbonyl (C=O) groups excluding carboxylic acids is 2. The van der Waals surface area contributed by atoms with Gasteiger partial charge in [-0.05, 0) is 105 Å². The van der Waals surface area contributed by atoms with Gasteiger partial charge in [0.1, 0.15) is 11.9 Å². The van der Waals surface area contributed by atoms with Crippen LogP contribution in [0.5, 0.6) is 5.75 Å². The third-order valence-corrected chi connectivity index (χ3v) is 8.60. The summed E-state index contributed by atoms with van der Waals surface area (Å²) in [7, 11) is 0. The fourth-order valence-corrected chi connectivity index (χ4v) is 6.77. The molecule has 1 aliphatic heterocycles. The van der Waals surface area contributed by atoms with Crippen molar-refractivity contribution >= 4 is 11.8 Å². The van der Waals surface area contributed by atoms with E-state index in [4.69, 9.17) is 4.74 Å². The van der Waals surface area contributed by atoms with Crippen LogP contribution < -0.4 is 5.32 Å². The van der Waals surface area contributed by atoms with Gasteiger partial charge in [0.2, 0.25) is 0 Å². The van der Waals surface area contributed by atoms with Crippen LogP contribution in [0, 0.1) is 19.8 Å². The van der Waals surface area contributed by atoms with E-state index in [1.165, 1.54) is 16.7 Å². The van der Waals surface area contributed by atoms with Crippen molar-refractivity contribution < 1.29 is 19.4 Å². The Balaban J connectivity index is 1.45. The van der Waals surface area contributed by atoms with E-state index in [1.54, 1.807) is 18.2 Å². The highest BCUT2D eigenvalue weighted by Crippen LogP contribution is 2.51. The van der Waals surface area contributed by atoms with E-state index in [0.717, 1.165) is 61.9 Å². The van der Waals surface area contributed by atoms with Gasteiger partial charge in [0, 0.05) is 29.3 Å². The number of phenols is 1. The van der Waals surface area contributed by atoms with Crippen LogP contribution in [0.15, 0.2) is 65.0 Å². The molecular formula is C32H35NO4. The Morgan fingerprint density at radius 3 is 2.32 bits per heavy atom. The standard InChI is InChI=1S/C32H35NO4/c1-18-7-5-8-19(2)27(18)22-16-25-29(26(35)17-22)28(21-9-6-10-23(34)15-21)30(31(33-25)20-13-14-20)32(36)37-24-11-3-4-12-24/h5-10,15,20,22,24,28,33-34H,3-4,11-14,16-17H2,1-2H3. The van der Waals surface area contributed by atoms with E-state index in [1.807, 2.05) is 6.07 Å². The van der Waals surface area contributed by atoms with Crippen molar-refractivity contribution in [2.45, 2.75) is 83.2 Å². The molecule has 2 saturated carbocycles. The number of hydrogen-bond acceptors (Lipinski definition) is 5. The van der Waals surface area contributed by atoms with Crippen LogP contribution in [-0.2, 0) is 14.3 Å². The molecule has 4 aliphatic rings. The normalized spacial score (nSPS) is 24.2. The van der Waals surface area contributed by atoms with Gasteiger partial charge in [0.15, 0.2) is 5.78 Å². The molecule has 1 heterocycles. The minimum Gasteiger partial charge on any atom is -0.508 e. The molecule has 5 heteroatoms. The smallest absolute Gasteiger partial charge is 0.337 e. The largest absolute Gasteiger partial charge is 0.508 e. The molecule has 6 rings (SSSR count). The maximum Gasteiger partial charge on any atom is 0.337 e. The Hall–Kier alpha value is -3.34. The van der Waals surface area contributed by atoms with Crippen molar-refractivity contribution in [3.8, 4) is 5.75 Å². The predicted octanol–water partition coefficient (Wildman–Crippen LogP) is 6.25. The average Bonchev–Trinajstić information content (AvgIpc) is 3.59. The van der Waals surface area contributed by atoms with Gasteiger partial charge in [-0.3, -0.25) is 4.79 Å². The molecule has 0 radical (unpaired) electrons. The van der Waals surface area contributed by atoms with Crippen LogP contribution >= 0.6 is 0 Å². The quantitative estimate of drug-likeness (QED) is 0.478. The number of phenolic OH excluding ortho intramolecular Hbond substituents is 1. The summed E-state index contributed by atoms with van der Waals surface area (Å²) < 4.78 is 6.04. The number of ketones is 1. The Morgan fingerprint density at radius 1 is 0.946 bits per heavy atom. The second-order valence-corrected chi connectivity index (χ2v) is 11.3. The molecule has 0 aromatic heterocycles. The topological polar surface area (TPSA) is 75.6 Å². The minimum atomic E-state index is -0.528. The summed E-state index contributed by atoms with van der Waals surface area (Å²) >= 11 is 0. The summed E-state index contributed by atoms with van der Waals surface area (Å²) in [4.78, 5) is 27.8. The summed E-state index contributed by atoms with van der Waals surface area (Å²) in [6.45, 7) is 4.24. The number of rotatable bonds is 5. The van der Waals surface area contributed by atoms with Crippen molar-refractivity contribution in [2.75, 3.05) is 0 Å². The zero-order valence-electron chi connectivity index (χ0n) is 21.7. The minimum absolute atomic E-state index is 0.0591. The summed E-state index contributed by atoms with van der Waals surface area (Å²) in [6, 6.07) is 13.3. The molecule has 2 atom stereocenters. The lowest BCUT2D eigenvalue weighted by Gasteiger charge is -2.38. The number of nitrogens with one attached hydrogen (secondary N) is 1. The Labute approximate surface area is 218 Å². The highest BCUT2D eigenvalue weighted by molar-refractivity contribution is 6.04. The zero-order valence-corrected chi connectivity index (χ0v) is 21.7. The molecule has 192 valence electrons. The molecule has 3 aliphatic carbocycles. The molecule has 2 fully saturated rings. The van der Waals surface area contributed by atoms with Gasteiger partial charge in [-0.1, -0.05) is 30.3 Å². The van der Waals surface area contributed by atoms with Gasteiger partial charge in [0.25, 0.3) is 0 Å². The molecule has 0 bridgehead atoms. The maximum absolute atomic E-state index is 14.0. The highest BCUT2D eigenvalue weighted by atomic mass is 16.5. The van der Waals surface area contributed by atoms with Crippen molar-refractivity contribution in [1.29, 1.82) is 0 Å². The maximum atomic E-state index is 14.0. The van der Waals surface area contributed by atoms with Gasteiger partial charge in [-0.25, -0.2) is 4.79 Å². The Bertz CT molecular complexity index is 1310. The molecule has 2 aromatic rings. The molecule has 0 saturated heterocycles. The van der Waals surface area contributed by atoms with E-state index in [0.29, 0.717) is 17.6 Å². The second kappa shape index (κ2) is 9.51. The summed E-state index contributed by atoms with van der Waals surface area (Å²) in [5, 5.41) is 14.0. The third kappa shape index (κ3) is 4.49. The third-order valence-electron chi connectivity index (χ3n) is 8.60. The lowest BCUT2D eigenvalue weighted by atomic mass is 9.70. The number of carbonyl (C=O) groups is 2. The van der Waals surface area contributed by atoms with Crippen molar-refractivity contribution in [1.82, 2.24) is 5.32 Å². The molecule has 2 unspecified atom stereocenters. The number of aromatic hydroxyl groups is 1. The second-order valence-electron chi connectivity index (χ2n) is 11.3. The van der Waals surface area contributed by atoms with E-state index >= 15 is 0 Å². The average molecular weight is 498 g/mol. The fourth-order valence-electron chi connectivity index (χ4n) is 6.77. The lowest BCUT2D eigenvalue weighted by Crippen LogP contribution is -2.38. The molecule has 2 aromatic carbocycles. The van der Waals surface area contributed by atoms with Gasteiger partial charge in [-0.2, -0.15) is 0 Å². The van der Waals surface area contributed by atoms with E-state index in [9.17, 15) is 14.7 Å². The Morgan fingerprint density at radius 2 is 1.65 bits per heavy atom. The Kier molecular flexibility index (Phi) is 6.18. The monoisotopic (exact) mass is 497 g/mol. The van der Waals surface area contributed by atoms with Crippen LogP contribution in [0.1, 0.15) is 85.5 Å². The lowest BCUT2D eigenvalue weighted by molar-refractivity contribution is -0.144. The van der Waals surface area contributed by atoms with Gasteiger partial charge in [0.05, 0.1) is 5.57 Å². The number of Topliss-reactive ketones (excluding diaryl/α,β-unsaturated/α-hetero) is 1. The number of allylic oxidation sites excluding steroid dienone is 3. The highest BCUT2D eigenvalue weighted by Gasteiger charge is 2.46. The number of aryl methyl sites for hydroxylation is 2. The first-order valence-corrected chi connectivity index (χ1v) is 13.7. The summed E-state index contributed by atoms with van der Waals surface area (Å²) in [5.74, 6) is -0.278. The van der Waals surface area contributed by atoms with Crippen LogP contribution in [-0.4, -0.2) is 23.0 Å². The van der Waals surface area contributed by atoms with Crippen LogP contribution in [0.4, 0.5) is 0 Å². The van der Waals surface area contributed by atoms with E-state index in [-0.39, 0.29) is 35.4 Å². The predicted molar refractivity (Wildman–Crippen MR) is 142 cm³/mol. The number of ether oxygens (including phenoxy) is 1.